The van der Waals surface area contributed by atoms with E-state index >= 15 is 0 Å². The van der Waals surface area contributed by atoms with Crippen LogP contribution in [0.2, 0.25) is 5.02 Å². The molecular formula is C21H31ClIN7. The van der Waals surface area contributed by atoms with Crippen LogP contribution in [0.1, 0.15) is 18.3 Å². The van der Waals surface area contributed by atoms with Crippen molar-refractivity contribution in [3.63, 3.8) is 0 Å². The smallest absolute Gasteiger partial charge is 0.194 e. The van der Waals surface area contributed by atoms with Gasteiger partial charge in [-0.1, -0.05) is 30.7 Å². The first-order valence-corrected chi connectivity index (χ1v) is 10.5. The second kappa shape index (κ2) is 12.1. The molecule has 1 aromatic heterocycles. The number of aromatic nitrogens is 3. The summed E-state index contributed by atoms with van der Waals surface area (Å²) in [6, 6.07) is 6.08. The van der Waals surface area contributed by atoms with Gasteiger partial charge in [0.25, 0.3) is 0 Å². The fourth-order valence-corrected chi connectivity index (χ4v) is 3.68. The normalized spacial score (nSPS) is 14.4. The quantitative estimate of drug-likeness (QED) is 0.251. The number of hydrogen-bond donors (Lipinski definition) is 1. The summed E-state index contributed by atoms with van der Waals surface area (Å²) in [5.74, 6) is 1.92. The van der Waals surface area contributed by atoms with Crippen molar-refractivity contribution >= 4 is 47.2 Å². The predicted octanol–water partition coefficient (Wildman–Crippen LogP) is 3.37. The Hall–Kier alpha value is -1.81. The van der Waals surface area contributed by atoms with Crippen LogP contribution in [0.5, 0.6) is 0 Å². The molecular weight excluding hydrogens is 513 g/mol. The maximum absolute atomic E-state index is 6.21. The number of anilines is 1. The highest BCUT2D eigenvalue weighted by Gasteiger charge is 2.21. The van der Waals surface area contributed by atoms with E-state index in [1.54, 1.807) is 6.33 Å². The van der Waals surface area contributed by atoms with Crippen molar-refractivity contribution in [3.05, 3.63) is 53.6 Å². The van der Waals surface area contributed by atoms with E-state index < -0.39 is 0 Å². The molecule has 164 valence electrons. The molecule has 0 aliphatic carbocycles. The summed E-state index contributed by atoms with van der Waals surface area (Å²) in [5.41, 5.74) is 2.47. The summed E-state index contributed by atoms with van der Waals surface area (Å²) in [4.78, 5) is 9.54. The number of hydrogen-bond acceptors (Lipinski definition) is 4. The highest BCUT2D eigenvalue weighted by molar-refractivity contribution is 14.0. The van der Waals surface area contributed by atoms with Gasteiger partial charge in [0.05, 0.1) is 6.54 Å². The molecule has 2 heterocycles. The molecule has 1 aliphatic heterocycles. The number of halogens is 2. The molecule has 3 rings (SSSR count). The molecule has 9 heteroatoms. The molecule has 2 aromatic rings. The van der Waals surface area contributed by atoms with Gasteiger partial charge in [-0.15, -0.1) is 40.8 Å². The molecule has 1 aromatic carbocycles. The molecule has 1 N–H and O–H groups in total. The average molecular weight is 544 g/mol. The molecule has 0 atom stereocenters. The van der Waals surface area contributed by atoms with Gasteiger partial charge in [-0.05, 0) is 24.6 Å². The molecule has 1 aliphatic rings. The Morgan fingerprint density at radius 2 is 2.07 bits per heavy atom. The zero-order valence-corrected chi connectivity index (χ0v) is 20.8. The first-order chi connectivity index (χ1) is 14.1. The van der Waals surface area contributed by atoms with E-state index in [4.69, 9.17) is 16.6 Å². The van der Waals surface area contributed by atoms with Gasteiger partial charge < -0.3 is 19.7 Å². The molecule has 1 fully saturated rings. The van der Waals surface area contributed by atoms with Crippen LogP contribution in [0.4, 0.5) is 5.69 Å². The van der Waals surface area contributed by atoms with Gasteiger partial charge in [-0.25, -0.2) is 0 Å². The summed E-state index contributed by atoms with van der Waals surface area (Å²) in [5, 5.41) is 12.3. The van der Waals surface area contributed by atoms with Gasteiger partial charge in [-0.3, -0.25) is 4.99 Å². The minimum absolute atomic E-state index is 0. The van der Waals surface area contributed by atoms with Gasteiger partial charge in [0.2, 0.25) is 0 Å². The summed E-state index contributed by atoms with van der Waals surface area (Å²) in [6.45, 7) is 13.9. The predicted molar refractivity (Wildman–Crippen MR) is 135 cm³/mol. The fourth-order valence-electron chi connectivity index (χ4n) is 3.52. The van der Waals surface area contributed by atoms with Gasteiger partial charge >= 0.3 is 0 Å². The number of benzene rings is 1. The lowest BCUT2D eigenvalue weighted by molar-refractivity contribution is 0.373. The topological polar surface area (TPSA) is 61.6 Å². The molecule has 7 nitrogen and oxygen atoms in total. The molecule has 0 amide bonds. The summed E-state index contributed by atoms with van der Waals surface area (Å²) in [7, 11) is 0. The molecule has 30 heavy (non-hydrogen) atoms. The second-order valence-corrected chi connectivity index (χ2v) is 7.51. The van der Waals surface area contributed by atoms with E-state index in [0.717, 1.165) is 56.0 Å². The van der Waals surface area contributed by atoms with Crippen molar-refractivity contribution in [2.45, 2.75) is 26.8 Å². The number of rotatable bonds is 7. The third-order valence-electron chi connectivity index (χ3n) is 5.11. The highest BCUT2D eigenvalue weighted by Crippen LogP contribution is 2.25. The molecule has 1 saturated heterocycles. The number of nitrogens with one attached hydrogen (secondary N) is 1. The van der Waals surface area contributed by atoms with Crippen molar-refractivity contribution in [3.8, 4) is 0 Å². The summed E-state index contributed by atoms with van der Waals surface area (Å²) in [6.07, 6.45) is 4.50. The minimum atomic E-state index is 0. The molecule has 0 bridgehead atoms. The first kappa shape index (κ1) is 24.5. The lowest BCUT2D eigenvalue weighted by atomic mass is 10.1. The lowest BCUT2D eigenvalue weighted by Gasteiger charge is -2.38. The number of guanidine groups is 1. The Bertz CT molecular complexity index is 844. The largest absolute Gasteiger partial charge is 0.368 e. The van der Waals surface area contributed by atoms with Crippen LogP contribution < -0.4 is 10.2 Å². The maximum atomic E-state index is 6.21. The van der Waals surface area contributed by atoms with Gasteiger partial charge in [0, 0.05) is 56.4 Å². The Morgan fingerprint density at radius 1 is 1.30 bits per heavy atom. The van der Waals surface area contributed by atoms with Gasteiger partial charge in [0.1, 0.15) is 12.2 Å². The van der Waals surface area contributed by atoms with Crippen LogP contribution in [0, 0.1) is 6.92 Å². The maximum Gasteiger partial charge on any atom is 0.194 e. The van der Waals surface area contributed by atoms with E-state index in [2.05, 4.69) is 62.4 Å². The van der Waals surface area contributed by atoms with Crippen LogP contribution in [0.25, 0.3) is 0 Å². The number of piperazine rings is 1. The van der Waals surface area contributed by atoms with E-state index in [1.165, 1.54) is 11.3 Å². The standard InChI is InChI=1S/C21H30ClN7.HI/c1-4-8-23-21(24-9-10-29-16-25-26-20(29)5-2)28-13-11-27(12-14-28)19-15-18(22)7-6-17(19)3;/h4,6-7,15-16H,1,5,8-14H2,2-3H3,(H,23,24);1H. The molecule has 0 saturated carbocycles. The number of nitrogens with zero attached hydrogens (tertiary/aromatic N) is 6. The zero-order valence-electron chi connectivity index (χ0n) is 17.7. The van der Waals surface area contributed by atoms with Crippen LogP contribution in [-0.2, 0) is 13.0 Å². The highest BCUT2D eigenvalue weighted by atomic mass is 127. The van der Waals surface area contributed by atoms with Crippen molar-refractivity contribution in [2.24, 2.45) is 4.99 Å². The SMILES string of the molecule is C=CCNC(=NCCn1cnnc1CC)N1CCN(c2cc(Cl)ccc2C)CC1.I. The third kappa shape index (κ3) is 6.34. The zero-order chi connectivity index (χ0) is 20.6. The molecule has 0 unspecified atom stereocenters. The van der Waals surface area contributed by atoms with Crippen LogP contribution in [-0.4, -0.2) is 64.9 Å². The number of aliphatic imine (C=N–C) groups is 1. The van der Waals surface area contributed by atoms with Crippen molar-refractivity contribution in [2.75, 3.05) is 44.2 Å². The number of aryl methyl sites for hydroxylation is 2. The Balaban J connectivity index is 0.00000320. The van der Waals surface area contributed by atoms with E-state index in [1.807, 2.05) is 12.1 Å². The van der Waals surface area contributed by atoms with Crippen LogP contribution in [0.15, 0.2) is 42.2 Å². The van der Waals surface area contributed by atoms with Crippen LogP contribution in [0.3, 0.4) is 0 Å². The monoisotopic (exact) mass is 543 g/mol. The van der Waals surface area contributed by atoms with Gasteiger partial charge in [-0.2, -0.15) is 0 Å². The van der Waals surface area contributed by atoms with Crippen LogP contribution >= 0.6 is 35.6 Å². The Kier molecular flexibility index (Phi) is 9.90. The molecule has 0 radical (unpaired) electrons. The Labute approximate surface area is 201 Å². The Morgan fingerprint density at radius 3 is 2.77 bits per heavy atom. The van der Waals surface area contributed by atoms with E-state index in [-0.39, 0.29) is 24.0 Å². The first-order valence-electron chi connectivity index (χ1n) is 10.1. The van der Waals surface area contributed by atoms with E-state index in [0.29, 0.717) is 13.1 Å². The van der Waals surface area contributed by atoms with Crippen molar-refractivity contribution in [1.29, 1.82) is 0 Å². The summed E-state index contributed by atoms with van der Waals surface area (Å²) < 4.78 is 2.06. The second-order valence-electron chi connectivity index (χ2n) is 7.07. The van der Waals surface area contributed by atoms with Crippen molar-refractivity contribution in [1.82, 2.24) is 25.0 Å². The van der Waals surface area contributed by atoms with Gasteiger partial charge in [0.15, 0.2) is 5.96 Å². The van der Waals surface area contributed by atoms with E-state index in [9.17, 15) is 0 Å². The fraction of sp³-hybridized carbons (Fsp3) is 0.476. The minimum Gasteiger partial charge on any atom is -0.368 e. The molecule has 0 spiro atoms. The summed E-state index contributed by atoms with van der Waals surface area (Å²) >= 11 is 6.21. The third-order valence-corrected chi connectivity index (χ3v) is 5.35. The van der Waals surface area contributed by atoms with Crippen molar-refractivity contribution < 1.29 is 0 Å². The average Bonchev–Trinajstić information content (AvgIpc) is 3.20. The lowest BCUT2D eigenvalue weighted by Crippen LogP contribution is -2.52.